The van der Waals surface area contributed by atoms with Crippen molar-refractivity contribution in [1.29, 1.82) is 0 Å². The summed E-state index contributed by atoms with van der Waals surface area (Å²) in [5, 5.41) is 3.29. The minimum absolute atomic E-state index is 0.0616. The molecule has 0 spiro atoms. The van der Waals surface area contributed by atoms with Crippen LogP contribution in [0, 0.1) is 0 Å². The highest BCUT2D eigenvalue weighted by molar-refractivity contribution is 7.92. The molecule has 2 aromatic carbocycles. The number of carbonyl (C=O) groups excluding carboxylic acids is 2. The first kappa shape index (κ1) is 28.5. The van der Waals surface area contributed by atoms with Crippen molar-refractivity contribution in [3.05, 3.63) is 59.1 Å². The summed E-state index contributed by atoms with van der Waals surface area (Å²) in [6.45, 7) is 5.33. The fraction of sp³-hybridized carbons (Fsp3) is 0.440. The van der Waals surface area contributed by atoms with E-state index >= 15 is 0 Å². The van der Waals surface area contributed by atoms with Crippen molar-refractivity contribution in [3.63, 3.8) is 0 Å². The third kappa shape index (κ3) is 8.14. The number of nitrogens with one attached hydrogen (secondary N) is 1. The SMILES string of the molecule is CC[C@H](C(=O)N[C@@H](C)CC)N(Cc1ccc(OC)cc1)C(=O)CN(c1cccc(Cl)c1)S(C)(=O)=O. The molecule has 2 aromatic rings. The normalized spacial score (nSPS) is 13.0. The van der Waals surface area contributed by atoms with Crippen LogP contribution in [0.3, 0.4) is 0 Å². The quantitative estimate of drug-likeness (QED) is 0.456. The summed E-state index contributed by atoms with van der Waals surface area (Å²) in [5.74, 6) is -0.118. The molecule has 0 fully saturated rings. The summed E-state index contributed by atoms with van der Waals surface area (Å²) in [6, 6.07) is 12.6. The molecule has 8 nitrogen and oxygen atoms in total. The van der Waals surface area contributed by atoms with E-state index in [1.807, 2.05) is 32.9 Å². The minimum atomic E-state index is -3.81. The zero-order valence-electron chi connectivity index (χ0n) is 20.8. The van der Waals surface area contributed by atoms with Crippen molar-refractivity contribution in [2.75, 3.05) is 24.2 Å². The zero-order valence-corrected chi connectivity index (χ0v) is 22.4. The molecule has 0 aromatic heterocycles. The van der Waals surface area contributed by atoms with Crippen molar-refractivity contribution in [3.8, 4) is 5.75 Å². The van der Waals surface area contributed by atoms with E-state index in [-0.39, 0.29) is 24.2 Å². The van der Waals surface area contributed by atoms with E-state index in [2.05, 4.69) is 5.32 Å². The second-order valence-corrected chi connectivity index (χ2v) is 10.7. The van der Waals surface area contributed by atoms with Gasteiger partial charge in [-0.25, -0.2) is 8.42 Å². The van der Waals surface area contributed by atoms with E-state index < -0.39 is 28.5 Å². The summed E-state index contributed by atoms with van der Waals surface area (Å²) < 4.78 is 31.4. The second-order valence-electron chi connectivity index (χ2n) is 8.36. The van der Waals surface area contributed by atoms with Gasteiger partial charge in [-0.1, -0.05) is 43.6 Å². The average molecular weight is 524 g/mol. The van der Waals surface area contributed by atoms with Crippen LogP contribution in [0.15, 0.2) is 48.5 Å². The molecular weight excluding hydrogens is 490 g/mol. The van der Waals surface area contributed by atoms with Crippen LogP contribution >= 0.6 is 11.6 Å². The van der Waals surface area contributed by atoms with Gasteiger partial charge in [0.25, 0.3) is 0 Å². The number of benzene rings is 2. The van der Waals surface area contributed by atoms with Crippen LogP contribution in [0.1, 0.15) is 39.2 Å². The molecule has 192 valence electrons. The first-order valence-electron chi connectivity index (χ1n) is 11.5. The Labute approximate surface area is 213 Å². The number of anilines is 1. The number of carbonyl (C=O) groups is 2. The molecule has 0 radical (unpaired) electrons. The Balaban J connectivity index is 2.43. The number of hydrogen-bond acceptors (Lipinski definition) is 5. The Morgan fingerprint density at radius 3 is 2.26 bits per heavy atom. The molecule has 1 N–H and O–H groups in total. The smallest absolute Gasteiger partial charge is 0.244 e. The highest BCUT2D eigenvalue weighted by Gasteiger charge is 2.32. The average Bonchev–Trinajstić information content (AvgIpc) is 2.81. The maximum atomic E-state index is 13.6. The summed E-state index contributed by atoms with van der Waals surface area (Å²) >= 11 is 6.07. The molecule has 0 heterocycles. The van der Waals surface area contributed by atoms with Crippen LogP contribution in [-0.2, 0) is 26.2 Å². The largest absolute Gasteiger partial charge is 0.497 e. The zero-order chi connectivity index (χ0) is 26.2. The number of ether oxygens (including phenoxy) is 1. The van der Waals surface area contributed by atoms with Gasteiger partial charge in [0.1, 0.15) is 18.3 Å². The third-order valence-electron chi connectivity index (χ3n) is 5.67. The molecule has 0 unspecified atom stereocenters. The van der Waals surface area contributed by atoms with Gasteiger partial charge in [0.05, 0.1) is 19.1 Å². The van der Waals surface area contributed by atoms with Gasteiger partial charge in [-0.2, -0.15) is 0 Å². The van der Waals surface area contributed by atoms with Gasteiger partial charge in [-0.15, -0.1) is 0 Å². The van der Waals surface area contributed by atoms with Gasteiger partial charge in [0, 0.05) is 17.6 Å². The second kappa shape index (κ2) is 12.8. The molecule has 2 atom stereocenters. The fourth-order valence-electron chi connectivity index (χ4n) is 3.53. The Morgan fingerprint density at radius 2 is 1.74 bits per heavy atom. The molecule has 0 saturated carbocycles. The van der Waals surface area contributed by atoms with Gasteiger partial charge in [-0.05, 0) is 55.7 Å². The lowest BCUT2D eigenvalue weighted by Crippen LogP contribution is -2.53. The molecular formula is C25H34ClN3O5S. The van der Waals surface area contributed by atoms with Gasteiger partial charge in [0.2, 0.25) is 21.8 Å². The van der Waals surface area contributed by atoms with Crippen LogP contribution in [0.4, 0.5) is 5.69 Å². The lowest BCUT2D eigenvalue weighted by Gasteiger charge is -2.33. The predicted octanol–water partition coefficient (Wildman–Crippen LogP) is 3.84. The highest BCUT2D eigenvalue weighted by atomic mass is 35.5. The van der Waals surface area contributed by atoms with Crippen LogP contribution < -0.4 is 14.4 Å². The van der Waals surface area contributed by atoms with Crippen molar-refractivity contribution in [2.24, 2.45) is 0 Å². The van der Waals surface area contributed by atoms with E-state index in [0.717, 1.165) is 22.5 Å². The van der Waals surface area contributed by atoms with Crippen LogP contribution in [0.25, 0.3) is 0 Å². The molecule has 2 amide bonds. The Bertz CT molecular complexity index is 1110. The molecule has 0 aliphatic rings. The van der Waals surface area contributed by atoms with Crippen LogP contribution in [0.2, 0.25) is 5.02 Å². The monoisotopic (exact) mass is 523 g/mol. The lowest BCUT2D eigenvalue weighted by atomic mass is 10.1. The molecule has 2 rings (SSSR count). The van der Waals surface area contributed by atoms with Crippen molar-refractivity contribution >= 4 is 39.1 Å². The van der Waals surface area contributed by atoms with E-state index in [1.165, 1.54) is 11.0 Å². The number of nitrogens with zero attached hydrogens (tertiary/aromatic N) is 2. The van der Waals surface area contributed by atoms with E-state index in [9.17, 15) is 18.0 Å². The summed E-state index contributed by atoms with van der Waals surface area (Å²) in [6.07, 6.45) is 2.13. The summed E-state index contributed by atoms with van der Waals surface area (Å²) in [4.78, 5) is 28.2. The number of amides is 2. The first-order chi connectivity index (χ1) is 16.5. The molecule has 35 heavy (non-hydrogen) atoms. The van der Waals surface area contributed by atoms with Crippen molar-refractivity contribution < 1.29 is 22.7 Å². The van der Waals surface area contributed by atoms with Crippen molar-refractivity contribution in [1.82, 2.24) is 10.2 Å². The van der Waals surface area contributed by atoms with E-state index in [0.29, 0.717) is 17.2 Å². The number of hydrogen-bond donors (Lipinski definition) is 1. The number of sulfonamides is 1. The molecule has 10 heteroatoms. The van der Waals surface area contributed by atoms with Crippen LogP contribution in [-0.4, -0.2) is 57.1 Å². The van der Waals surface area contributed by atoms with Gasteiger partial charge in [0.15, 0.2) is 0 Å². The number of halogens is 1. The van der Waals surface area contributed by atoms with Crippen LogP contribution in [0.5, 0.6) is 5.75 Å². The summed E-state index contributed by atoms with van der Waals surface area (Å²) in [7, 11) is -2.25. The molecule has 0 saturated heterocycles. The topological polar surface area (TPSA) is 96.0 Å². The van der Waals surface area contributed by atoms with Gasteiger partial charge >= 0.3 is 0 Å². The lowest BCUT2D eigenvalue weighted by molar-refractivity contribution is -0.140. The highest BCUT2D eigenvalue weighted by Crippen LogP contribution is 2.23. The number of methoxy groups -OCH3 is 1. The summed E-state index contributed by atoms with van der Waals surface area (Å²) in [5.41, 5.74) is 1.05. The van der Waals surface area contributed by atoms with Gasteiger partial charge in [-0.3, -0.25) is 13.9 Å². The maximum Gasteiger partial charge on any atom is 0.244 e. The molecule has 0 aliphatic carbocycles. The van der Waals surface area contributed by atoms with Crippen molar-refractivity contribution in [2.45, 2.75) is 52.2 Å². The molecule has 0 bridgehead atoms. The Morgan fingerprint density at radius 1 is 1.09 bits per heavy atom. The fourth-order valence-corrected chi connectivity index (χ4v) is 4.56. The standard InChI is InChI=1S/C25H34ClN3O5S/c1-6-18(3)27-25(31)23(7-2)28(16-19-11-13-22(34-4)14-12-19)24(30)17-29(35(5,32)33)21-10-8-9-20(26)15-21/h8-15,18,23H,6-7,16-17H2,1-5H3,(H,27,31)/t18-,23+/m0/s1. The minimum Gasteiger partial charge on any atom is -0.497 e. The van der Waals surface area contributed by atoms with Gasteiger partial charge < -0.3 is 15.0 Å². The molecule has 0 aliphatic heterocycles. The van der Waals surface area contributed by atoms with E-state index in [4.69, 9.17) is 16.3 Å². The first-order valence-corrected chi connectivity index (χ1v) is 13.7. The Kier molecular flexibility index (Phi) is 10.4. The maximum absolute atomic E-state index is 13.6. The predicted molar refractivity (Wildman–Crippen MR) is 139 cm³/mol. The Hall–Kier alpha value is -2.78. The number of rotatable bonds is 12. The third-order valence-corrected chi connectivity index (χ3v) is 7.05. The van der Waals surface area contributed by atoms with E-state index in [1.54, 1.807) is 37.4 Å².